The maximum Gasteiger partial charge on any atom is 0.321 e. The Bertz CT molecular complexity index is 341. The maximum absolute atomic E-state index is 12.5. The van der Waals surface area contributed by atoms with Crippen molar-refractivity contribution in [1.82, 2.24) is 5.32 Å². The molecule has 0 bridgehead atoms. The first kappa shape index (κ1) is 11.6. The highest BCUT2D eigenvalue weighted by molar-refractivity contribution is 5.82. The normalized spacial score (nSPS) is 11.2. The third-order valence-corrected chi connectivity index (χ3v) is 1.97. The summed E-state index contributed by atoms with van der Waals surface area (Å²) in [4.78, 5) is 10.8. The molecule has 4 heteroatoms. The number of aryl methyl sites for hydroxylation is 1. The molecule has 0 aliphatic rings. The number of halogens is 2. The molecule has 1 rings (SSSR count). The molecule has 0 aliphatic carbocycles. The van der Waals surface area contributed by atoms with Gasteiger partial charge in [-0.15, -0.1) is 0 Å². The molecule has 15 heavy (non-hydrogen) atoms. The second-order valence-corrected chi connectivity index (χ2v) is 3.56. The summed E-state index contributed by atoms with van der Waals surface area (Å²) in [5.74, 6) is -4.56. The van der Waals surface area contributed by atoms with E-state index >= 15 is 0 Å². The Morgan fingerprint density at radius 1 is 1.33 bits per heavy atom. The van der Waals surface area contributed by atoms with E-state index in [2.05, 4.69) is 5.32 Å². The van der Waals surface area contributed by atoms with E-state index in [-0.39, 0.29) is 6.54 Å². The van der Waals surface area contributed by atoms with Crippen molar-refractivity contribution in [3.05, 3.63) is 35.4 Å². The van der Waals surface area contributed by atoms with Gasteiger partial charge in [0.25, 0.3) is 5.91 Å². The van der Waals surface area contributed by atoms with E-state index in [4.69, 9.17) is 0 Å². The van der Waals surface area contributed by atoms with E-state index in [1.165, 1.54) is 0 Å². The largest absolute Gasteiger partial charge is 0.347 e. The van der Waals surface area contributed by atoms with Crippen LogP contribution in [0.2, 0.25) is 0 Å². The molecule has 1 aromatic rings. The van der Waals surface area contributed by atoms with Crippen LogP contribution in [0, 0.1) is 6.92 Å². The lowest BCUT2D eigenvalue weighted by Crippen LogP contribution is -2.37. The predicted molar refractivity (Wildman–Crippen MR) is 53.6 cm³/mol. The van der Waals surface area contributed by atoms with Crippen molar-refractivity contribution in [1.29, 1.82) is 0 Å². The molecular weight excluding hydrogens is 200 g/mol. The van der Waals surface area contributed by atoms with Crippen LogP contribution in [0.25, 0.3) is 0 Å². The van der Waals surface area contributed by atoms with Gasteiger partial charge in [0.2, 0.25) is 0 Å². The van der Waals surface area contributed by atoms with Crippen LogP contribution in [-0.2, 0) is 11.3 Å². The van der Waals surface area contributed by atoms with Gasteiger partial charge in [-0.25, -0.2) is 0 Å². The first-order chi connectivity index (χ1) is 6.89. The van der Waals surface area contributed by atoms with Gasteiger partial charge < -0.3 is 5.32 Å². The molecule has 2 nitrogen and oxygen atoms in total. The topological polar surface area (TPSA) is 29.1 Å². The summed E-state index contributed by atoms with van der Waals surface area (Å²) in [6, 6.07) is 7.32. The van der Waals surface area contributed by atoms with Crippen LogP contribution >= 0.6 is 0 Å². The number of amides is 1. The van der Waals surface area contributed by atoms with Crippen LogP contribution in [0.15, 0.2) is 24.3 Å². The third-order valence-electron chi connectivity index (χ3n) is 1.97. The fourth-order valence-corrected chi connectivity index (χ4v) is 1.04. The van der Waals surface area contributed by atoms with Gasteiger partial charge in [-0.05, 0) is 12.5 Å². The van der Waals surface area contributed by atoms with Gasteiger partial charge >= 0.3 is 5.92 Å². The number of hydrogen-bond donors (Lipinski definition) is 1. The van der Waals surface area contributed by atoms with Crippen LogP contribution in [-0.4, -0.2) is 11.8 Å². The Morgan fingerprint density at radius 2 is 1.87 bits per heavy atom. The number of rotatable bonds is 3. The zero-order chi connectivity index (χ0) is 11.5. The molecule has 0 aliphatic heterocycles. The minimum atomic E-state index is -3.31. The summed E-state index contributed by atoms with van der Waals surface area (Å²) in [6.45, 7) is 2.64. The Kier molecular flexibility index (Phi) is 3.39. The smallest absolute Gasteiger partial charge is 0.321 e. The summed E-state index contributed by atoms with van der Waals surface area (Å²) in [5.41, 5.74) is 1.89. The van der Waals surface area contributed by atoms with Crippen molar-refractivity contribution in [3.8, 4) is 0 Å². The minimum absolute atomic E-state index is 0.128. The molecular formula is C11H13F2NO. The van der Waals surface area contributed by atoms with Crippen LogP contribution in [0.3, 0.4) is 0 Å². The van der Waals surface area contributed by atoms with E-state index in [0.717, 1.165) is 11.1 Å². The fourth-order valence-electron chi connectivity index (χ4n) is 1.04. The molecule has 0 aromatic heterocycles. The van der Waals surface area contributed by atoms with Gasteiger partial charge in [-0.2, -0.15) is 8.78 Å². The average Bonchev–Trinajstić information content (AvgIpc) is 2.15. The monoisotopic (exact) mass is 213 g/mol. The van der Waals surface area contributed by atoms with Gasteiger partial charge in [-0.3, -0.25) is 4.79 Å². The summed E-state index contributed by atoms with van der Waals surface area (Å²) >= 11 is 0. The summed E-state index contributed by atoms with van der Waals surface area (Å²) in [6.07, 6.45) is 0. The SMILES string of the molecule is Cc1ccc(CNC(=O)C(C)(F)F)cc1. The fraction of sp³-hybridized carbons (Fsp3) is 0.364. The standard InChI is InChI=1S/C11H13F2NO/c1-8-3-5-9(6-4-8)7-14-10(15)11(2,12)13/h3-6H,7H2,1-2H3,(H,14,15). The van der Waals surface area contributed by atoms with Crippen LogP contribution in [0.1, 0.15) is 18.1 Å². The van der Waals surface area contributed by atoms with Crippen molar-refractivity contribution in [2.75, 3.05) is 0 Å². The number of alkyl halides is 2. The number of benzene rings is 1. The van der Waals surface area contributed by atoms with Crippen LogP contribution < -0.4 is 5.32 Å². The number of nitrogens with one attached hydrogen (secondary N) is 1. The lowest BCUT2D eigenvalue weighted by atomic mass is 10.1. The van der Waals surface area contributed by atoms with Gasteiger partial charge in [-0.1, -0.05) is 29.8 Å². The van der Waals surface area contributed by atoms with E-state index in [9.17, 15) is 13.6 Å². The second-order valence-electron chi connectivity index (χ2n) is 3.56. The van der Waals surface area contributed by atoms with Gasteiger partial charge in [0, 0.05) is 13.5 Å². The van der Waals surface area contributed by atoms with E-state index in [1.54, 1.807) is 12.1 Å². The molecule has 0 unspecified atom stereocenters. The molecule has 0 saturated heterocycles. The van der Waals surface area contributed by atoms with Crippen LogP contribution in [0.4, 0.5) is 8.78 Å². The Labute approximate surface area is 87.3 Å². The maximum atomic E-state index is 12.5. The lowest BCUT2D eigenvalue weighted by molar-refractivity contribution is -0.143. The first-order valence-corrected chi connectivity index (χ1v) is 4.61. The predicted octanol–water partition coefficient (Wildman–Crippen LogP) is 2.27. The zero-order valence-electron chi connectivity index (χ0n) is 8.68. The minimum Gasteiger partial charge on any atom is -0.347 e. The molecule has 0 atom stereocenters. The zero-order valence-corrected chi connectivity index (χ0v) is 8.68. The summed E-state index contributed by atoms with van der Waals surface area (Å²) in [7, 11) is 0. The Balaban J connectivity index is 2.51. The number of carbonyl (C=O) groups is 1. The molecule has 0 heterocycles. The number of hydrogen-bond acceptors (Lipinski definition) is 1. The molecule has 0 fully saturated rings. The second kappa shape index (κ2) is 4.38. The summed E-state index contributed by atoms with van der Waals surface area (Å²) < 4.78 is 24.9. The lowest BCUT2D eigenvalue weighted by Gasteiger charge is -2.10. The highest BCUT2D eigenvalue weighted by Gasteiger charge is 2.31. The molecule has 1 amide bonds. The number of carbonyl (C=O) groups excluding carboxylic acids is 1. The quantitative estimate of drug-likeness (QED) is 0.819. The van der Waals surface area contributed by atoms with Crippen molar-refractivity contribution >= 4 is 5.91 Å². The van der Waals surface area contributed by atoms with E-state index < -0.39 is 11.8 Å². The van der Waals surface area contributed by atoms with Crippen molar-refractivity contribution < 1.29 is 13.6 Å². The molecule has 1 N–H and O–H groups in total. The Morgan fingerprint density at radius 3 is 2.33 bits per heavy atom. The molecule has 1 aromatic carbocycles. The van der Waals surface area contributed by atoms with Crippen molar-refractivity contribution in [2.24, 2.45) is 0 Å². The molecule has 0 saturated carbocycles. The third kappa shape index (κ3) is 3.65. The Hall–Kier alpha value is -1.45. The highest BCUT2D eigenvalue weighted by Crippen LogP contribution is 2.11. The van der Waals surface area contributed by atoms with Gasteiger partial charge in [0.1, 0.15) is 0 Å². The summed E-state index contributed by atoms with van der Waals surface area (Å²) in [5, 5.41) is 2.17. The highest BCUT2D eigenvalue weighted by atomic mass is 19.3. The van der Waals surface area contributed by atoms with Gasteiger partial charge in [0.15, 0.2) is 0 Å². The van der Waals surface area contributed by atoms with Crippen LogP contribution in [0.5, 0.6) is 0 Å². The first-order valence-electron chi connectivity index (χ1n) is 4.61. The average molecular weight is 213 g/mol. The molecule has 0 radical (unpaired) electrons. The van der Waals surface area contributed by atoms with Crippen molar-refractivity contribution in [3.63, 3.8) is 0 Å². The van der Waals surface area contributed by atoms with E-state index in [0.29, 0.717) is 6.92 Å². The van der Waals surface area contributed by atoms with Gasteiger partial charge in [0.05, 0.1) is 0 Å². The molecule has 82 valence electrons. The van der Waals surface area contributed by atoms with Crippen molar-refractivity contribution in [2.45, 2.75) is 26.3 Å². The van der Waals surface area contributed by atoms with E-state index in [1.807, 2.05) is 19.1 Å². The molecule has 0 spiro atoms.